The average Bonchev–Trinajstić information content (AvgIpc) is 2.68. The number of ether oxygens (including phenoxy) is 1. The number of aryl methyl sites for hydroxylation is 1. The lowest BCUT2D eigenvalue weighted by Crippen LogP contribution is -2.35. The van der Waals surface area contributed by atoms with Crippen LogP contribution in [0, 0.1) is 24.1 Å². The Bertz CT molecular complexity index is 920. The summed E-state index contributed by atoms with van der Waals surface area (Å²) < 4.78 is 18.1. The number of carbonyl (C=O) groups excluding carboxylic acids is 2. The van der Waals surface area contributed by atoms with Crippen LogP contribution in [0.4, 0.5) is 10.1 Å². The lowest BCUT2D eigenvalue weighted by molar-refractivity contribution is -0.142. The van der Waals surface area contributed by atoms with Crippen LogP contribution in [-0.2, 0) is 14.3 Å². The Morgan fingerprint density at radius 2 is 1.96 bits per heavy atom. The Hall–Kier alpha value is -3.17. The van der Waals surface area contributed by atoms with Gasteiger partial charge in [0.15, 0.2) is 6.61 Å². The van der Waals surface area contributed by atoms with E-state index in [1.54, 1.807) is 12.1 Å². The Labute approximate surface area is 167 Å². The maximum atomic E-state index is 13.1. The van der Waals surface area contributed by atoms with Crippen molar-refractivity contribution < 1.29 is 18.7 Å². The van der Waals surface area contributed by atoms with Crippen LogP contribution >= 0.6 is 11.6 Å². The normalized spacial score (nSPS) is 10.5. The molecule has 2 aromatic rings. The fourth-order valence-electron chi connectivity index (χ4n) is 2.32. The molecule has 0 aromatic heterocycles. The molecule has 1 amide bonds. The molecule has 2 aromatic carbocycles. The Morgan fingerprint density at radius 1 is 1.25 bits per heavy atom. The Balaban J connectivity index is 1.97. The van der Waals surface area contributed by atoms with E-state index in [0.29, 0.717) is 11.3 Å². The third kappa shape index (κ3) is 6.22. The van der Waals surface area contributed by atoms with Crippen LogP contribution in [0.3, 0.4) is 0 Å². The van der Waals surface area contributed by atoms with Gasteiger partial charge in [-0.2, -0.15) is 5.26 Å². The standard InChI is InChI=1S/C21H18ClFN2O3/c1-15-3-7-17(8-4-15)25(12-2-11-24)20(26)14-28-21(27)10-6-16-5-9-19(23)18(22)13-16/h3-10,13H,2,12,14H2,1H3/b10-6+. The number of hydrogen-bond donors (Lipinski definition) is 0. The van der Waals surface area contributed by atoms with Crippen LogP contribution in [0.15, 0.2) is 48.5 Å². The van der Waals surface area contributed by atoms with Crippen LogP contribution in [-0.4, -0.2) is 25.0 Å². The first-order valence-electron chi connectivity index (χ1n) is 8.44. The highest BCUT2D eigenvalue weighted by Gasteiger charge is 2.17. The first-order valence-corrected chi connectivity index (χ1v) is 8.82. The highest BCUT2D eigenvalue weighted by Crippen LogP contribution is 2.17. The van der Waals surface area contributed by atoms with Crippen molar-refractivity contribution >= 4 is 35.2 Å². The minimum absolute atomic E-state index is 0.0584. The molecule has 5 nitrogen and oxygen atoms in total. The van der Waals surface area contributed by atoms with Crippen LogP contribution < -0.4 is 4.90 Å². The number of esters is 1. The maximum Gasteiger partial charge on any atom is 0.331 e. The van der Waals surface area contributed by atoms with E-state index in [-0.39, 0.29) is 18.0 Å². The second kappa shape index (κ2) is 10.2. The molecule has 7 heteroatoms. The van der Waals surface area contributed by atoms with Gasteiger partial charge >= 0.3 is 5.97 Å². The fraction of sp³-hybridized carbons (Fsp3) is 0.190. The minimum Gasteiger partial charge on any atom is -0.452 e. The molecule has 0 spiro atoms. The highest BCUT2D eigenvalue weighted by molar-refractivity contribution is 6.30. The van der Waals surface area contributed by atoms with E-state index < -0.39 is 24.3 Å². The summed E-state index contributed by atoms with van der Waals surface area (Å²) in [6.07, 6.45) is 2.69. The largest absolute Gasteiger partial charge is 0.452 e. The van der Waals surface area contributed by atoms with Gasteiger partial charge in [-0.15, -0.1) is 0 Å². The third-order valence-corrected chi connectivity index (χ3v) is 4.08. The first kappa shape index (κ1) is 21.1. The number of carbonyl (C=O) groups is 2. The number of amides is 1. The highest BCUT2D eigenvalue weighted by atomic mass is 35.5. The zero-order valence-corrected chi connectivity index (χ0v) is 15.9. The van der Waals surface area contributed by atoms with Crippen molar-refractivity contribution in [3.8, 4) is 6.07 Å². The van der Waals surface area contributed by atoms with E-state index in [0.717, 1.165) is 11.6 Å². The van der Waals surface area contributed by atoms with E-state index >= 15 is 0 Å². The Morgan fingerprint density at radius 3 is 2.61 bits per heavy atom. The van der Waals surface area contributed by atoms with Crippen LogP contribution in [0.5, 0.6) is 0 Å². The van der Waals surface area contributed by atoms with Gasteiger partial charge in [0, 0.05) is 18.3 Å². The molecule has 0 aliphatic heterocycles. The summed E-state index contributed by atoms with van der Waals surface area (Å²) in [5.41, 5.74) is 2.18. The van der Waals surface area contributed by atoms with Crippen molar-refractivity contribution in [3.05, 3.63) is 70.5 Å². The monoisotopic (exact) mass is 400 g/mol. The molecule has 0 saturated heterocycles. The fourth-order valence-corrected chi connectivity index (χ4v) is 2.51. The number of halogens is 2. The predicted octanol–water partition coefficient (Wildman–Crippen LogP) is 4.29. The summed E-state index contributed by atoms with van der Waals surface area (Å²) in [7, 11) is 0. The van der Waals surface area contributed by atoms with Crippen LogP contribution in [0.25, 0.3) is 6.08 Å². The molecule has 0 fully saturated rings. The number of hydrogen-bond acceptors (Lipinski definition) is 4. The van der Waals surface area contributed by atoms with Gasteiger partial charge in [-0.3, -0.25) is 4.79 Å². The summed E-state index contributed by atoms with van der Waals surface area (Å²) in [4.78, 5) is 25.7. The molecule has 28 heavy (non-hydrogen) atoms. The Kier molecular flexibility index (Phi) is 7.73. The molecule has 2 rings (SSSR count). The van der Waals surface area contributed by atoms with Crippen molar-refractivity contribution in [2.24, 2.45) is 0 Å². The van der Waals surface area contributed by atoms with Crippen molar-refractivity contribution in [2.45, 2.75) is 13.3 Å². The van der Waals surface area contributed by atoms with Gasteiger partial charge in [-0.1, -0.05) is 35.4 Å². The molecule has 0 radical (unpaired) electrons. The lowest BCUT2D eigenvalue weighted by Gasteiger charge is -2.21. The van der Waals surface area contributed by atoms with Gasteiger partial charge in [0.05, 0.1) is 17.5 Å². The van der Waals surface area contributed by atoms with Crippen molar-refractivity contribution in [1.82, 2.24) is 0 Å². The van der Waals surface area contributed by atoms with E-state index in [2.05, 4.69) is 0 Å². The van der Waals surface area contributed by atoms with Crippen LogP contribution in [0.2, 0.25) is 5.02 Å². The summed E-state index contributed by atoms with van der Waals surface area (Å²) in [5, 5.41) is 8.75. The number of benzene rings is 2. The van der Waals surface area contributed by atoms with Gasteiger partial charge in [-0.05, 0) is 42.8 Å². The van der Waals surface area contributed by atoms with Crippen molar-refractivity contribution in [3.63, 3.8) is 0 Å². The van der Waals surface area contributed by atoms with Gasteiger partial charge in [0.2, 0.25) is 0 Å². The van der Waals surface area contributed by atoms with Crippen LogP contribution in [0.1, 0.15) is 17.5 Å². The summed E-state index contributed by atoms with van der Waals surface area (Å²) in [6, 6.07) is 13.2. The predicted molar refractivity (Wildman–Crippen MR) is 105 cm³/mol. The van der Waals surface area contributed by atoms with E-state index in [9.17, 15) is 14.0 Å². The smallest absolute Gasteiger partial charge is 0.331 e. The van der Waals surface area contributed by atoms with Crippen molar-refractivity contribution in [2.75, 3.05) is 18.1 Å². The van der Waals surface area contributed by atoms with Gasteiger partial charge in [0.1, 0.15) is 5.82 Å². The summed E-state index contributed by atoms with van der Waals surface area (Å²) >= 11 is 5.68. The molecule has 0 aliphatic rings. The number of nitriles is 1. The van der Waals surface area contributed by atoms with E-state index in [1.807, 2.05) is 25.1 Å². The summed E-state index contributed by atoms with van der Waals surface area (Å²) in [5.74, 6) is -1.72. The third-order valence-electron chi connectivity index (χ3n) is 3.79. The second-order valence-corrected chi connectivity index (χ2v) is 6.31. The minimum atomic E-state index is -0.724. The first-order chi connectivity index (χ1) is 13.4. The SMILES string of the molecule is Cc1ccc(N(CCC#N)C(=O)COC(=O)/C=C/c2ccc(F)c(Cl)c2)cc1. The molecular weight excluding hydrogens is 383 g/mol. The molecular formula is C21H18ClFN2O3. The quantitative estimate of drug-likeness (QED) is 0.513. The summed E-state index contributed by atoms with van der Waals surface area (Å²) in [6.45, 7) is 1.65. The van der Waals surface area contributed by atoms with Gasteiger partial charge in [-0.25, -0.2) is 9.18 Å². The molecule has 144 valence electrons. The zero-order valence-electron chi connectivity index (χ0n) is 15.2. The maximum absolute atomic E-state index is 13.1. The molecule has 0 N–H and O–H groups in total. The molecule has 0 unspecified atom stereocenters. The zero-order chi connectivity index (χ0) is 20.5. The molecule has 0 aliphatic carbocycles. The number of nitrogens with zero attached hydrogens (tertiary/aromatic N) is 2. The van der Waals surface area contributed by atoms with E-state index in [4.69, 9.17) is 21.6 Å². The molecule has 0 heterocycles. The number of rotatable bonds is 7. The molecule has 0 atom stereocenters. The van der Waals surface area contributed by atoms with Gasteiger partial charge < -0.3 is 9.64 Å². The number of anilines is 1. The van der Waals surface area contributed by atoms with Gasteiger partial charge in [0.25, 0.3) is 5.91 Å². The topological polar surface area (TPSA) is 70.4 Å². The molecule has 0 saturated carbocycles. The second-order valence-electron chi connectivity index (χ2n) is 5.90. The lowest BCUT2D eigenvalue weighted by atomic mass is 10.2. The average molecular weight is 401 g/mol. The van der Waals surface area contributed by atoms with Crippen molar-refractivity contribution in [1.29, 1.82) is 5.26 Å². The van der Waals surface area contributed by atoms with E-state index in [1.165, 1.54) is 29.2 Å². The molecule has 0 bridgehead atoms.